The number of rotatable bonds is 1. The van der Waals surface area contributed by atoms with Gasteiger partial charge in [0.1, 0.15) is 6.23 Å². The second-order valence-electron chi connectivity index (χ2n) is 3.94. The van der Waals surface area contributed by atoms with Crippen LogP contribution in [0.3, 0.4) is 0 Å². The average Bonchev–Trinajstić information content (AvgIpc) is 2.16. The van der Waals surface area contributed by atoms with Gasteiger partial charge in [-0.15, -0.1) is 0 Å². The Hall–Kier alpha value is -1.06. The molecule has 2 atom stereocenters. The van der Waals surface area contributed by atoms with Crippen molar-refractivity contribution >= 4 is 5.69 Å². The number of aryl methyl sites for hydroxylation is 2. The Bertz CT molecular complexity index is 336. The van der Waals surface area contributed by atoms with Gasteiger partial charge in [-0.3, -0.25) is 0 Å². The fourth-order valence-electron chi connectivity index (χ4n) is 1.91. The maximum atomic E-state index is 9.27. The van der Waals surface area contributed by atoms with Gasteiger partial charge in [0.05, 0.1) is 6.04 Å². The molecule has 0 amide bonds. The normalized spacial score (nSPS) is 22.4. The lowest BCUT2D eigenvalue weighted by Gasteiger charge is -2.28. The van der Waals surface area contributed by atoms with E-state index in [1.807, 2.05) is 0 Å². The summed E-state index contributed by atoms with van der Waals surface area (Å²) in [7, 11) is 0. The summed E-state index contributed by atoms with van der Waals surface area (Å²) in [5, 5.41) is 12.5. The van der Waals surface area contributed by atoms with Gasteiger partial charge < -0.3 is 16.2 Å². The van der Waals surface area contributed by atoms with E-state index >= 15 is 0 Å². The van der Waals surface area contributed by atoms with Crippen molar-refractivity contribution in [3.8, 4) is 0 Å². The molecule has 1 heterocycles. The van der Waals surface area contributed by atoms with Crippen LogP contribution in [0.2, 0.25) is 0 Å². The molecule has 0 saturated carbocycles. The monoisotopic (exact) mass is 192 g/mol. The van der Waals surface area contributed by atoms with Crippen LogP contribution in [0.4, 0.5) is 5.69 Å². The highest BCUT2D eigenvalue weighted by Gasteiger charge is 2.21. The van der Waals surface area contributed by atoms with Gasteiger partial charge in [-0.05, 0) is 31.4 Å². The van der Waals surface area contributed by atoms with Crippen molar-refractivity contribution in [1.29, 1.82) is 0 Å². The van der Waals surface area contributed by atoms with Crippen LogP contribution in [0, 0.1) is 6.92 Å². The predicted molar refractivity (Wildman–Crippen MR) is 57.1 cm³/mol. The van der Waals surface area contributed by atoms with Crippen LogP contribution in [-0.4, -0.2) is 17.4 Å². The first-order chi connectivity index (χ1) is 6.66. The van der Waals surface area contributed by atoms with Gasteiger partial charge in [-0.2, -0.15) is 0 Å². The summed E-state index contributed by atoms with van der Waals surface area (Å²) in [5.41, 5.74) is 9.15. The van der Waals surface area contributed by atoms with E-state index in [0.29, 0.717) is 0 Å². The number of nitrogens with two attached hydrogens (primary N) is 1. The zero-order valence-electron chi connectivity index (χ0n) is 8.33. The molecule has 14 heavy (non-hydrogen) atoms. The van der Waals surface area contributed by atoms with E-state index in [9.17, 15) is 5.11 Å². The maximum Gasteiger partial charge on any atom is 0.122 e. The Morgan fingerprint density at radius 3 is 3.07 bits per heavy atom. The zero-order valence-corrected chi connectivity index (χ0v) is 8.33. The molecule has 1 aromatic carbocycles. The number of nitrogens with one attached hydrogen (secondary N) is 1. The highest BCUT2D eigenvalue weighted by atomic mass is 16.3. The second kappa shape index (κ2) is 3.59. The molecule has 3 nitrogen and oxygen atoms in total. The number of benzene rings is 1. The molecule has 2 unspecified atom stereocenters. The van der Waals surface area contributed by atoms with E-state index in [0.717, 1.165) is 18.5 Å². The fraction of sp³-hybridized carbons (Fsp3) is 0.455. The van der Waals surface area contributed by atoms with E-state index in [2.05, 4.69) is 30.4 Å². The molecule has 4 N–H and O–H groups in total. The fourth-order valence-corrected chi connectivity index (χ4v) is 1.91. The Morgan fingerprint density at radius 1 is 1.57 bits per heavy atom. The first-order valence-corrected chi connectivity index (χ1v) is 4.96. The molecule has 3 heteroatoms. The number of hydrogen-bond acceptors (Lipinski definition) is 3. The van der Waals surface area contributed by atoms with Crippen LogP contribution < -0.4 is 11.1 Å². The number of aliphatic hydroxyl groups excluding tert-OH is 1. The van der Waals surface area contributed by atoms with E-state index in [1.54, 1.807) is 0 Å². The van der Waals surface area contributed by atoms with Crippen molar-refractivity contribution in [3.05, 3.63) is 29.3 Å². The van der Waals surface area contributed by atoms with Crippen molar-refractivity contribution in [1.82, 2.24) is 0 Å². The van der Waals surface area contributed by atoms with Gasteiger partial charge in [0, 0.05) is 5.69 Å². The summed E-state index contributed by atoms with van der Waals surface area (Å²) in [6, 6.07) is 6.29. The van der Waals surface area contributed by atoms with Crippen molar-refractivity contribution in [2.24, 2.45) is 5.73 Å². The van der Waals surface area contributed by atoms with E-state index < -0.39 is 6.23 Å². The third-order valence-electron chi connectivity index (χ3n) is 2.74. The Morgan fingerprint density at radius 2 is 2.36 bits per heavy atom. The van der Waals surface area contributed by atoms with Crippen LogP contribution in [0.5, 0.6) is 0 Å². The van der Waals surface area contributed by atoms with Crippen LogP contribution in [0.25, 0.3) is 0 Å². The summed E-state index contributed by atoms with van der Waals surface area (Å²) in [6.45, 7) is 2.09. The van der Waals surface area contributed by atoms with E-state index in [-0.39, 0.29) is 6.04 Å². The molecule has 1 aliphatic heterocycles. The maximum absolute atomic E-state index is 9.27. The van der Waals surface area contributed by atoms with Crippen molar-refractivity contribution in [2.75, 3.05) is 5.32 Å². The van der Waals surface area contributed by atoms with Crippen LogP contribution >= 0.6 is 0 Å². The van der Waals surface area contributed by atoms with Gasteiger partial charge in [-0.25, -0.2) is 0 Å². The first kappa shape index (κ1) is 9.49. The van der Waals surface area contributed by atoms with Crippen LogP contribution in [0.15, 0.2) is 18.2 Å². The predicted octanol–water partition coefficient (Wildman–Crippen LogP) is 0.999. The number of fused-ring (bicyclic) bond motifs is 1. The van der Waals surface area contributed by atoms with Crippen molar-refractivity contribution in [3.63, 3.8) is 0 Å². The lowest BCUT2D eigenvalue weighted by atomic mass is 9.96. The quantitative estimate of drug-likeness (QED) is 0.582. The number of hydrogen-bond donors (Lipinski definition) is 3. The molecule has 0 radical (unpaired) electrons. The van der Waals surface area contributed by atoms with E-state index in [4.69, 9.17) is 5.73 Å². The summed E-state index contributed by atoms with van der Waals surface area (Å²) in [4.78, 5) is 0. The van der Waals surface area contributed by atoms with E-state index in [1.165, 1.54) is 11.1 Å². The summed E-state index contributed by atoms with van der Waals surface area (Å²) in [6.07, 6.45) is 1.11. The molecule has 0 bridgehead atoms. The van der Waals surface area contributed by atoms with Gasteiger partial charge in [-0.1, -0.05) is 17.7 Å². The van der Waals surface area contributed by atoms with Gasteiger partial charge in [0.15, 0.2) is 0 Å². The molecular weight excluding hydrogens is 176 g/mol. The van der Waals surface area contributed by atoms with Gasteiger partial charge in [0.2, 0.25) is 0 Å². The molecule has 76 valence electrons. The third-order valence-corrected chi connectivity index (χ3v) is 2.74. The highest BCUT2D eigenvalue weighted by Crippen LogP contribution is 2.26. The Labute approximate surface area is 83.9 Å². The van der Waals surface area contributed by atoms with Crippen LogP contribution in [0.1, 0.15) is 17.5 Å². The largest absolute Gasteiger partial charge is 0.378 e. The Balaban J connectivity index is 2.23. The minimum Gasteiger partial charge on any atom is -0.378 e. The minimum atomic E-state index is -0.774. The summed E-state index contributed by atoms with van der Waals surface area (Å²) >= 11 is 0. The second-order valence-corrected chi connectivity index (χ2v) is 3.94. The SMILES string of the molecule is Cc1ccc2c(c1)CCC(C(N)O)N2. The molecule has 0 saturated heterocycles. The summed E-state index contributed by atoms with van der Waals surface area (Å²) < 4.78 is 0. The Kier molecular flexibility index (Phi) is 2.44. The zero-order chi connectivity index (χ0) is 10.1. The third kappa shape index (κ3) is 1.74. The van der Waals surface area contributed by atoms with Crippen LogP contribution in [-0.2, 0) is 6.42 Å². The molecule has 0 aliphatic carbocycles. The smallest absolute Gasteiger partial charge is 0.122 e. The number of aliphatic hydroxyl groups is 1. The molecule has 1 aromatic rings. The molecular formula is C11H16N2O. The average molecular weight is 192 g/mol. The van der Waals surface area contributed by atoms with Gasteiger partial charge in [0.25, 0.3) is 0 Å². The molecule has 1 aliphatic rings. The molecule has 0 spiro atoms. The first-order valence-electron chi connectivity index (χ1n) is 4.96. The summed E-state index contributed by atoms with van der Waals surface area (Å²) in [5.74, 6) is 0. The highest BCUT2D eigenvalue weighted by molar-refractivity contribution is 5.55. The van der Waals surface area contributed by atoms with Crippen molar-refractivity contribution < 1.29 is 5.11 Å². The lowest BCUT2D eigenvalue weighted by molar-refractivity contribution is 0.154. The van der Waals surface area contributed by atoms with Gasteiger partial charge >= 0.3 is 0 Å². The van der Waals surface area contributed by atoms with Crippen molar-refractivity contribution in [2.45, 2.75) is 32.0 Å². The lowest BCUT2D eigenvalue weighted by Crippen LogP contribution is -2.42. The number of anilines is 1. The standard InChI is InChI=1S/C11H16N2O/c1-7-2-4-9-8(6-7)3-5-10(13-9)11(12)14/h2,4,6,10-11,13-14H,3,5,12H2,1H3. The molecule has 0 aromatic heterocycles. The molecule has 0 fully saturated rings. The molecule has 2 rings (SSSR count). The topological polar surface area (TPSA) is 58.3 Å². The minimum absolute atomic E-state index is 0.00907.